The van der Waals surface area contributed by atoms with Gasteiger partial charge >= 0.3 is 0 Å². The number of nitrogens with two attached hydrogens (primary N) is 2. The molecule has 0 spiro atoms. The van der Waals surface area contributed by atoms with E-state index in [0.29, 0.717) is 11.7 Å². The number of nitrogen functional groups attached to an aromatic ring is 2. The Bertz CT molecular complexity index is 609. The van der Waals surface area contributed by atoms with Gasteiger partial charge in [0, 0.05) is 11.5 Å². The lowest BCUT2D eigenvalue weighted by atomic mass is 9.89. The van der Waals surface area contributed by atoms with Crippen LogP contribution in [0.15, 0.2) is 24.3 Å². The zero-order valence-corrected chi connectivity index (χ0v) is 12.0. The van der Waals surface area contributed by atoms with Crippen LogP contribution in [0.2, 0.25) is 0 Å². The average Bonchev–Trinajstić information content (AvgIpc) is 2.77. The molecule has 1 fully saturated rings. The number of imidazole rings is 1. The van der Waals surface area contributed by atoms with Crippen molar-refractivity contribution < 1.29 is 0 Å². The van der Waals surface area contributed by atoms with Gasteiger partial charge in [-0.1, -0.05) is 43.5 Å². The van der Waals surface area contributed by atoms with Gasteiger partial charge in [-0.15, -0.1) is 0 Å². The molecule has 0 atom stereocenters. The van der Waals surface area contributed by atoms with Gasteiger partial charge in [0.2, 0.25) is 0 Å². The molecule has 0 bridgehead atoms. The Kier molecular flexibility index (Phi) is 3.38. The van der Waals surface area contributed by atoms with Crippen molar-refractivity contribution in [1.29, 1.82) is 0 Å². The zero-order valence-electron chi connectivity index (χ0n) is 12.0. The fourth-order valence-electron chi connectivity index (χ4n) is 3.15. The van der Waals surface area contributed by atoms with Crippen molar-refractivity contribution in [2.24, 2.45) is 0 Å². The van der Waals surface area contributed by atoms with E-state index >= 15 is 0 Å². The highest BCUT2D eigenvalue weighted by molar-refractivity contribution is 5.73. The van der Waals surface area contributed by atoms with Crippen molar-refractivity contribution in [1.82, 2.24) is 9.66 Å². The normalized spacial score (nSPS) is 16.4. The summed E-state index contributed by atoms with van der Waals surface area (Å²) in [6, 6.07) is 8.16. The highest BCUT2D eigenvalue weighted by atomic mass is 15.4. The molecule has 20 heavy (non-hydrogen) atoms. The Morgan fingerprint density at radius 3 is 2.55 bits per heavy atom. The Balaban J connectivity index is 2.03. The molecule has 0 saturated heterocycles. The van der Waals surface area contributed by atoms with Crippen LogP contribution in [-0.2, 0) is 0 Å². The van der Waals surface area contributed by atoms with E-state index in [1.165, 1.54) is 37.7 Å². The minimum absolute atomic E-state index is 0.453. The molecular weight excluding hydrogens is 248 g/mol. The lowest BCUT2D eigenvalue weighted by Crippen LogP contribution is -2.19. The Morgan fingerprint density at radius 1 is 1.15 bits per heavy atom. The van der Waals surface area contributed by atoms with E-state index < -0.39 is 0 Å². The van der Waals surface area contributed by atoms with Gasteiger partial charge in [0.05, 0.1) is 0 Å². The van der Waals surface area contributed by atoms with E-state index in [1.54, 1.807) is 4.68 Å². The molecule has 4 heteroatoms. The van der Waals surface area contributed by atoms with Gasteiger partial charge in [0.25, 0.3) is 0 Å². The molecule has 1 aromatic heterocycles. The second-order valence-electron chi connectivity index (χ2n) is 5.72. The zero-order chi connectivity index (χ0) is 14.1. The van der Waals surface area contributed by atoms with Crippen LogP contribution in [0.1, 0.15) is 49.4 Å². The molecule has 0 aliphatic heterocycles. The molecule has 106 valence electrons. The summed E-state index contributed by atoms with van der Waals surface area (Å²) < 4.78 is 1.60. The average molecular weight is 270 g/mol. The third-order valence-electron chi connectivity index (χ3n) is 4.35. The van der Waals surface area contributed by atoms with Crippen LogP contribution in [0, 0.1) is 6.92 Å². The number of hydrogen-bond acceptors (Lipinski definition) is 3. The number of hydrogen-bond donors (Lipinski definition) is 2. The molecular formula is C16H22N4. The second-order valence-corrected chi connectivity index (χ2v) is 5.72. The molecule has 4 N–H and O–H groups in total. The number of nitrogens with zero attached hydrogens (tertiary/aromatic N) is 2. The van der Waals surface area contributed by atoms with Gasteiger partial charge in [-0.05, 0) is 25.3 Å². The SMILES string of the molecule is Cc1ccccc1-c1nc(C2CCCCC2)n(N)c1N. The molecule has 1 saturated carbocycles. The first-order chi connectivity index (χ1) is 9.68. The minimum atomic E-state index is 0.453. The minimum Gasteiger partial charge on any atom is -0.382 e. The fourth-order valence-corrected chi connectivity index (χ4v) is 3.15. The van der Waals surface area contributed by atoms with E-state index in [1.807, 2.05) is 12.1 Å². The maximum absolute atomic E-state index is 6.19. The van der Waals surface area contributed by atoms with Gasteiger partial charge in [0.1, 0.15) is 11.5 Å². The summed E-state index contributed by atoms with van der Waals surface area (Å²) in [7, 11) is 0. The van der Waals surface area contributed by atoms with E-state index in [2.05, 4.69) is 19.1 Å². The topological polar surface area (TPSA) is 69.9 Å². The predicted octanol–water partition coefficient (Wildman–Crippen LogP) is 3.20. The van der Waals surface area contributed by atoms with E-state index in [-0.39, 0.29) is 0 Å². The molecule has 1 heterocycles. The molecule has 1 aliphatic rings. The van der Waals surface area contributed by atoms with Crippen LogP contribution in [0.25, 0.3) is 11.3 Å². The Morgan fingerprint density at radius 2 is 1.85 bits per heavy atom. The molecule has 4 nitrogen and oxygen atoms in total. The number of anilines is 1. The first-order valence-corrected chi connectivity index (χ1v) is 7.37. The summed E-state index contributed by atoms with van der Waals surface area (Å²) in [5.41, 5.74) is 9.26. The summed E-state index contributed by atoms with van der Waals surface area (Å²) in [6.45, 7) is 2.07. The van der Waals surface area contributed by atoms with Crippen molar-refractivity contribution in [3.05, 3.63) is 35.7 Å². The number of benzene rings is 1. The molecule has 0 unspecified atom stereocenters. The predicted molar refractivity (Wildman–Crippen MR) is 82.8 cm³/mol. The van der Waals surface area contributed by atoms with Crippen molar-refractivity contribution in [3.63, 3.8) is 0 Å². The van der Waals surface area contributed by atoms with Gasteiger partial charge in [-0.25, -0.2) is 9.66 Å². The summed E-state index contributed by atoms with van der Waals surface area (Å²) in [6.07, 6.45) is 6.18. The molecule has 1 aliphatic carbocycles. The van der Waals surface area contributed by atoms with Crippen LogP contribution < -0.4 is 11.6 Å². The van der Waals surface area contributed by atoms with Crippen molar-refractivity contribution in [2.75, 3.05) is 11.6 Å². The lowest BCUT2D eigenvalue weighted by Gasteiger charge is -2.20. The van der Waals surface area contributed by atoms with Gasteiger partial charge in [-0.2, -0.15) is 0 Å². The Hall–Kier alpha value is -1.97. The molecule has 0 amide bonds. The monoisotopic (exact) mass is 270 g/mol. The maximum atomic E-state index is 6.19. The molecule has 2 aromatic rings. The first-order valence-electron chi connectivity index (χ1n) is 7.37. The van der Waals surface area contributed by atoms with Crippen LogP contribution in [-0.4, -0.2) is 9.66 Å². The molecule has 3 rings (SSSR count). The first kappa shape index (κ1) is 13.0. The van der Waals surface area contributed by atoms with Crippen LogP contribution in [0.5, 0.6) is 0 Å². The highest BCUT2D eigenvalue weighted by Crippen LogP contribution is 2.35. The number of aryl methyl sites for hydroxylation is 1. The smallest absolute Gasteiger partial charge is 0.150 e. The van der Waals surface area contributed by atoms with Crippen LogP contribution in [0.3, 0.4) is 0 Å². The van der Waals surface area contributed by atoms with E-state index in [4.69, 9.17) is 16.6 Å². The fraction of sp³-hybridized carbons (Fsp3) is 0.438. The van der Waals surface area contributed by atoms with Crippen molar-refractivity contribution >= 4 is 5.82 Å². The van der Waals surface area contributed by atoms with Crippen molar-refractivity contribution in [2.45, 2.75) is 44.9 Å². The summed E-state index contributed by atoms with van der Waals surface area (Å²) in [5, 5.41) is 0. The summed E-state index contributed by atoms with van der Waals surface area (Å²) >= 11 is 0. The van der Waals surface area contributed by atoms with Crippen LogP contribution >= 0.6 is 0 Å². The van der Waals surface area contributed by atoms with Gasteiger partial charge in [0.15, 0.2) is 5.82 Å². The molecule has 1 aromatic carbocycles. The van der Waals surface area contributed by atoms with E-state index in [9.17, 15) is 0 Å². The van der Waals surface area contributed by atoms with Crippen LogP contribution in [0.4, 0.5) is 5.82 Å². The van der Waals surface area contributed by atoms with E-state index in [0.717, 1.165) is 17.1 Å². The van der Waals surface area contributed by atoms with Crippen molar-refractivity contribution in [3.8, 4) is 11.3 Å². The van der Waals surface area contributed by atoms with Gasteiger partial charge < -0.3 is 11.6 Å². The number of rotatable bonds is 2. The number of aromatic nitrogens is 2. The third-order valence-corrected chi connectivity index (χ3v) is 4.35. The highest BCUT2D eigenvalue weighted by Gasteiger charge is 2.24. The largest absolute Gasteiger partial charge is 0.382 e. The Labute approximate surface area is 119 Å². The molecule has 0 radical (unpaired) electrons. The summed E-state index contributed by atoms with van der Waals surface area (Å²) in [5.74, 6) is 8.12. The lowest BCUT2D eigenvalue weighted by molar-refractivity contribution is 0.424. The second kappa shape index (κ2) is 5.19. The summed E-state index contributed by atoms with van der Waals surface area (Å²) in [4.78, 5) is 4.78. The standard InChI is InChI=1S/C16H22N4/c1-11-7-5-6-10-13(11)14-15(17)20(18)16(19-14)12-8-3-2-4-9-12/h5-7,10,12H,2-4,8-9,17-18H2,1H3. The van der Waals surface area contributed by atoms with Gasteiger partial charge in [-0.3, -0.25) is 0 Å². The third kappa shape index (κ3) is 2.15. The maximum Gasteiger partial charge on any atom is 0.150 e. The quantitative estimate of drug-likeness (QED) is 0.823.